The van der Waals surface area contributed by atoms with E-state index in [2.05, 4.69) is 0 Å². The minimum absolute atomic E-state index is 0.206. The summed E-state index contributed by atoms with van der Waals surface area (Å²) in [6.07, 6.45) is 0.745. The Morgan fingerprint density at radius 1 is 1.17 bits per heavy atom. The summed E-state index contributed by atoms with van der Waals surface area (Å²) in [7, 11) is 0. The third-order valence-electron chi connectivity index (χ3n) is 2.82. The van der Waals surface area contributed by atoms with Crippen molar-refractivity contribution in [2.45, 2.75) is 13.3 Å². The molecule has 0 aliphatic carbocycles. The molecule has 0 saturated carbocycles. The molecular formula is C15H12ClFO. The highest BCUT2D eigenvalue weighted by Crippen LogP contribution is 2.22. The fourth-order valence-electron chi connectivity index (χ4n) is 1.87. The van der Waals surface area contributed by atoms with Crippen molar-refractivity contribution in [2.24, 2.45) is 0 Å². The molecule has 0 aliphatic heterocycles. The minimum Gasteiger partial charge on any atom is -0.289 e. The molecule has 0 aliphatic rings. The first kappa shape index (κ1) is 12.8. The van der Waals surface area contributed by atoms with Crippen molar-refractivity contribution in [3.63, 3.8) is 0 Å². The molecule has 0 spiro atoms. The van der Waals surface area contributed by atoms with E-state index in [0.717, 1.165) is 12.0 Å². The molecule has 18 heavy (non-hydrogen) atoms. The number of hydrogen-bond donors (Lipinski definition) is 0. The number of halogens is 2. The highest BCUT2D eigenvalue weighted by Gasteiger charge is 2.16. The molecule has 1 nitrogen and oxygen atoms in total. The monoisotopic (exact) mass is 262 g/mol. The lowest BCUT2D eigenvalue weighted by atomic mass is 9.97. The largest absolute Gasteiger partial charge is 0.289 e. The van der Waals surface area contributed by atoms with Gasteiger partial charge in [0.25, 0.3) is 0 Å². The molecule has 2 aromatic carbocycles. The molecule has 3 heteroatoms. The molecule has 0 amide bonds. The average molecular weight is 263 g/mol. The van der Waals surface area contributed by atoms with Crippen LogP contribution in [-0.2, 0) is 6.42 Å². The Hall–Kier alpha value is -1.67. The number of hydrogen-bond acceptors (Lipinski definition) is 1. The zero-order valence-corrected chi connectivity index (χ0v) is 10.7. The zero-order chi connectivity index (χ0) is 13.1. The van der Waals surface area contributed by atoms with Gasteiger partial charge >= 0.3 is 0 Å². The normalized spacial score (nSPS) is 10.4. The maximum atomic E-state index is 13.2. The number of carbonyl (C=O) groups excluding carboxylic acids is 1. The van der Waals surface area contributed by atoms with Gasteiger partial charge in [-0.2, -0.15) is 0 Å². The van der Waals surface area contributed by atoms with E-state index in [1.54, 1.807) is 12.1 Å². The van der Waals surface area contributed by atoms with Crippen LogP contribution >= 0.6 is 11.6 Å². The van der Waals surface area contributed by atoms with Gasteiger partial charge in [-0.05, 0) is 30.2 Å². The van der Waals surface area contributed by atoms with Crippen molar-refractivity contribution in [3.05, 3.63) is 70.0 Å². The third kappa shape index (κ3) is 2.44. The topological polar surface area (TPSA) is 17.1 Å². The maximum Gasteiger partial charge on any atom is 0.194 e. The highest BCUT2D eigenvalue weighted by atomic mass is 35.5. The number of rotatable bonds is 3. The van der Waals surface area contributed by atoms with E-state index in [0.29, 0.717) is 5.56 Å². The van der Waals surface area contributed by atoms with E-state index < -0.39 is 5.82 Å². The molecule has 0 radical (unpaired) electrons. The molecule has 0 fully saturated rings. The van der Waals surface area contributed by atoms with Crippen LogP contribution in [0.4, 0.5) is 4.39 Å². The summed E-state index contributed by atoms with van der Waals surface area (Å²) in [5, 5.41) is 0.271. The van der Waals surface area contributed by atoms with Crippen LogP contribution in [0.3, 0.4) is 0 Å². The molecule has 92 valence electrons. The zero-order valence-electron chi connectivity index (χ0n) is 9.91. The molecule has 0 aromatic heterocycles. The predicted molar refractivity (Wildman–Crippen MR) is 70.7 cm³/mol. The first-order valence-corrected chi connectivity index (χ1v) is 6.09. The predicted octanol–water partition coefficient (Wildman–Crippen LogP) is 4.27. The van der Waals surface area contributed by atoms with Crippen LogP contribution in [0.15, 0.2) is 42.5 Å². The Labute approximate surface area is 110 Å². The van der Waals surface area contributed by atoms with Crippen molar-refractivity contribution in [2.75, 3.05) is 0 Å². The number of aryl methyl sites for hydroxylation is 1. The quantitative estimate of drug-likeness (QED) is 0.755. The molecule has 0 atom stereocenters. The van der Waals surface area contributed by atoms with E-state index >= 15 is 0 Å². The van der Waals surface area contributed by atoms with Crippen LogP contribution in [0.2, 0.25) is 5.02 Å². The second-order valence-corrected chi connectivity index (χ2v) is 4.37. The fraction of sp³-hybridized carbons (Fsp3) is 0.133. The van der Waals surface area contributed by atoms with Crippen molar-refractivity contribution in [1.29, 1.82) is 0 Å². The van der Waals surface area contributed by atoms with Crippen LogP contribution in [0.25, 0.3) is 0 Å². The molecule has 0 unspecified atom stereocenters. The summed E-state index contributed by atoms with van der Waals surface area (Å²) in [5.41, 5.74) is 1.72. The van der Waals surface area contributed by atoms with Gasteiger partial charge in [-0.1, -0.05) is 42.8 Å². The van der Waals surface area contributed by atoms with Gasteiger partial charge in [-0.15, -0.1) is 0 Å². The Balaban J connectivity index is 2.51. The lowest BCUT2D eigenvalue weighted by molar-refractivity contribution is 0.103. The van der Waals surface area contributed by atoms with E-state index in [1.807, 2.05) is 19.1 Å². The van der Waals surface area contributed by atoms with Gasteiger partial charge in [0.1, 0.15) is 5.82 Å². The summed E-state index contributed by atoms with van der Waals surface area (Å²) in [4.78, 5) is 12.3. The Kier molecular flexibility index (Phi) is 3.78. The Morgan fingerprint density at radius 2 is 1.89 bits per heavy atom. The first-order chi connectivity index (χ1) is 8.63. The van der Waals surface area contributed by atoms with E-state index in [-0.39, 0.29) is 16.4 Å². The standard InChI is InChI=1S/C15H12ClFO/c1-2-10-5-3-4-6-12(10)15(18)13-9-11(17)7-8-14(13)16/h3-9H,2H2,1H3. The number of carbonyl (C=O) groups is 1. The second kappa shape index (κ2) is 5.32. The van der Waals surface area contributed by atoms with E-state index in [1.165, 1.54) is 18.2 Å². The molecule has 2 aromatic rings. The van der Waals surface area contributed by atoms with Gasteiger partial charge in [-0.3, -0.25) is 4.79 Å². The van der Waals surface area contributed by atoms with E-state index in [4.69, 9.17) is 11.6 Å². The van der Waals surface area contributed by atoms with Crippen LogP contribution in [-0.4, -0.2) is 5.78 Å². The van der Waals surface area contributed by atoms with Gasteiger partial charge < -0.3 is 0 Å². The lowest BCUT2D eigenvalue weighted by Crippen LogP contribution is -2.06. The van der Waals surface area contributed by atoms with Crippen LogP contribution < -0.4 is 0 Å². The van der Waals surface area contributed by atoms with Crippen molar-refractivity contribution < 1.29 is 9.18 Å². The molecule has 0 heterocycles. The summed E-state index contributed by atoms with van der Waals surface area (Å²) in [5.74, 6) is -0.700. The van der Waals surface area contributed by atoms with Gasteiger partial charge in [0.15, 0.2) is 5.78 Å². The Bertz CT molecular complexity index is 593. The average Bonchev–Trinajstić information content (AvgIpc) is 2.40. The molecular weight excluding hydrogens is 251 g/mol. The van der Waals surface area contributed by atoms with Gasteiger partial charge in [0, 0.05) is 11.1 Å². The SMILES string of the molecule is CCc1ccccc1C(=O)c1cc(F)ccc1Cl. The van der Waals surface area contributed by atoms with Crippen LogP contribution in [0.5, 0.6) is 0 Å². The fourth-order valence-corrected chi connectivity index (χ4v) is 2.07. The van der Waals surface area contributed by atoms with E-state index in [9.17, 15) is 9.18 Å². The second-order valence-electron chi connectivity index (χ2n) is 3.96. The molecule has 2 rings (SSSR count). The maximum absolute atomic E-state index is 13.2. The van der Waals surface area contributed by atoms with Crippen molar-refractivity contribution in [1.82, 2.24) is 0 Å². The van der Waals surface area contributed by atoms with Crippen molar-refractivity contribution in [3.8, 4) is 0 Å². The van der Waals surface area contributed by atoms with Crippen molar-refractivity contribution >= 4 is 17.4 Å². The summed E-state index contributed by atoms with van der Waals surface area (Å²) >= 11 is 5.95. The lowest BCUT2D eigenvalue weighted by Gasteiger charge is -2.08. The minimum atomic E-state index is -0.461. The van der Waals surface area contributed by atoms with Gasteiger partial charge in [-0.25, -0.2) is 4.39 Å². The van der Waals surface area contributed by atoms with Gasteiger partial charge in [0.05, 0.1) is 5.02 Å². The van der Waals surface area contributed by atoms with Crippen LogP contribution in [0.1, 0.15) is 28.4 Å². The number of ketones is 1. The summed E-state index contributed by atoms with van der Waals surface area (Å²) < 4.78 is 13.2. The first-order valence-electron chi connectivity index (χ1n) is 5.71. The Morgan fingerprint density at radius 3 is 2.61 bits per heavy atom. The molecule has 0 saturated heterocycles. The van der Waals surface area contributed by atoms with Gasteiger partial charge in [0.2, 0.25) is 0 Å². The molecule has 0 N–H and O–H groups in total. The highest BCUT2D eigenvalue weighted by molar-refractivity contribution is 6.35. The third-order valence-corrected chi connectivity index (χ3v) is 3.15. The van der Waals surface area contributed by atoms with Crippen LogP contribution in [0, 0.1) is 5.82 Å². The number of benzene rings is 2. The molecule has 0 bridgehead atoms. The summed E-state index contributed by atoms with van der Waals surface area (Å²) in [6, 6.07) is 11.1. The smallest absolute Gasteiger partial charge is 0.194 e. The summed E-state index contributed by atoms with van der Waals surface area (Å²) in [6.45, 7) is 1.97.